The van der Waals surface area contributed by atoms with Crippen molar-refractivity contribution in [2.45, 2.75) is 232 Å². The maximum atomic E-state index is 14.6. The Morgan fingerprint density at radius 2 is 1.47 bits per heavy atom. The lowest BCUT2D eigenvalue weighted by Gasteiger charge is -2.59. The largest absolute Gasteiger partial charge is 0.458 e. The highest BCUT2D eigenvalue weighted by Gasteiger charge is 2.76. The van der Waals surface area contributed by atoms with Crippen molar-refractivity contribution >= 4 is 17.5 Å². The zero-order chi connectivity index (χ0) is 47.4. The highest BCUT2D eigenvalue weighted by atomic mass is 16.7. The summed E-state index contributed by atoms with van der Waals surface area (Å²) < 4.78 is 31.5. The van der Waals surface area contributed by atoms with Crippen LogP contribution in [0.4, 0.5) is 0 Å². The van der Waals surface area contributed by atoms with E-state index < -0.39 is 34.9 Å². The smallest absolute Gasteiger partial charge is 0.306 e. The first kappa shape index (κ1) is 54.9. The summed E-state index contributed by atoms with van der Waals surface area (Å²) in [5.41, 5.74) is -1.33. The van der Waals surface area contributed by atoms with Gasteiger partial charge in [0.25, 0.3) is 0 Å². The number of aliphatic hydroxyl groups excluding tert-OH is 2. The van der Waals surface area contributed by atoms with E-state index in [1.54, 1.807) is 12.2 Å². The summed E-state index contributed by atoms with van der Waals surface area (Å²) in [6.45, 7) is 15.1. The Balaban J connectivity index is 1.05. The summed E-state index contributed by atoms with van der Waals surface area (Å²) in [4.78, 5) is 42.6. The van der Waals surface area contributed by atoms with E-state index in [9.17, 15) is 24.6 Å². The minimum Gasteiger partial charge on any atom is -0.458 e. The number of esters is 1. The van der Waals surface area contributed by atoms with Crippen molar-refractivity contribution in [3.8, 4) is 0 Å². The fourth-order valence-corrected chi connectivity index (χ4v) is 12.8. The Morgan fingerprint density at radius 1 is 0.833 bits per heavy atom. The second-order valence-electron chi connectivity index (χ2n) is 21.2. The van der Waals surface area contributed by atoms with Gasteiger partial charge in [-0.15, -0.1) is 0 Å². The molecule has 5 rings (SSSR count). The summed E-state index contributed by atoms with van der Waals surface area (Å²) in [6, 6.07) is 0. The molecule has 1 saturated heterocycles. The number of nitrogens with zero attached hydrogens (tertiary/aromatic N) is 1. The maximum absolute atomic E-state index is 14.6. The van der Waals surface area contributed by atoms with Gasteiger partial charge in [-0.05, 0) is 134 Å². The number of hydrogen-bond acceptors (Lipinski definition) is 11. The number of ketones is 2. The number of aliphatic hydroxyl groups is 2. The van der Waals surface area contributed by atoms with Crippen LogP contribution in [-0.4, -0.2) is 109 Å². The van der Waals surface area contributed by atoms with Crippen molar-refractivity contribution in [3.63, 3.8) is 0 Å². The number of hydrogen-bond donors (Lipinski definition) is 2. The van der Waals surface area contributed by atoms with Gasteiger partial charge in [-0.3, -0.25) is 14.4 Å². The van der Waals surface area contributed by atoms with Crippen molar-refractivity contribution in [2.24, 2.45) is 28.6 Å². The van der Waals surface area contributed by atoms with Crippen molar-refractivity contribution in [3.05, 3.63) is 23.8 Å². The van der Waals surface area contributed by atoms with Crippen LogP contribution in [0, 0.1) is 28.6 Å². The molecule has 5 aliphatic rings. The van der Waals surface area contributed by atoms with E-state index in [1.165, 1.54) is 51.4 Å². The number of carbonyl (C=O) groups is 3. The van der Waals surface area contributed by atoms with Crippen LogP contribution < -0.4 is 0 Å². The second kappa shape index (κ2) is 28.0. The van der Waals surface area contributed by atoms with Crippen LogP contribution >= 0.6 is 0 Å². The van der Waals surface area contributed by atoms with Gasteiger partial charge in [-0.2, -0.15) is 0 Å². The summed E-state index contributed by atoms with van der Waals surface area (Å²) in [5, 5.41) is 21.5. The van der Waals surface area contributed by atoms with Crippen LogP contribution in [-0.2, 0) is 38.1 Å². The highest BCUT2D eigenvalue weighted by Crippen LogP contribution is 2.69. The molecule has 1 aliphatic heterocycles. The van der Waals surface area contributed by atoms with Crippen LogP contribution in [0.5, 0.6) is 0 Å². The molecule has 11 heteroatoms. The van der Waals surface area contributed by atoms with Gasteiger partial charge in [-0.25, -0.2) is 0 Å². The Labute approximate surface area is 399 Å². The summed E-state index contributed by atoms with van der Waals surface area (Å²) >= 11 is 0. The number of fused-ring (bicyclic) bond motifs is 7. The molecule has 3 saturated carbocycles. The van der Waals surface area contributed by atoms with Crippen LogP contribution in [0.1, 0.15) is 202 Å². The number of rotatable bonds is 35. The number of allylic oxidation sites excluding steroid dienone is 4. The first-order valence-corrected chi connectivity index (χ1v) is 27.2. The third-order valence-corrected chi connectivity index (χ3v) is 16.3. The van der Waals surface area contributed by atoms with E-state index in [4.69, 9.17) is 23.7 Å². The molecule has 1 heterocycles. The van der Waals surface area contributed by atoms with Crippen LogP contribution in [0.2, 0.25) is 0 Å². The molecule has 2 N–H and O–H groups in total. The molecule has 0 aromatic carbocycles. The Bertz CT molecular complexity index is 1520. The molecule has 0 aromatic heterocycles. The van der Waals surface area contributed by atoms with Gasteiger partial charge < -0.3 is 38.8 Å². The third kappa shape index (κ3) is 14.3. The lowest BCUT2D eigenvalue weighted by molar-refractivity contribution is -0.201. The van der Waals surface area contributed by atoms with E-state index in [0.717, 1.165) is 122 Å². The summed E-state index contributed by atoms with van der Waals surface area (Å²) in [7, 11) is 0. The van der Waals surface area contributed by atoms with Gasteiger partial charge in [-0.1, -0.05) is 117 Å². The molecule has 4 fully saturated rings. The Morgan fingerprint density at radius 3 is 2.12 bits per heavy atom. The standard InChI is InChI=1S/C55H93NO10/c1-6-9-11-13-23-36-62-50(63-37-24-14-12-10-7-2)27-18-16-20-33-56(34-21-22-35-57)32-19-15-17-26-49(61)64-41-47(60)55-48(65-51(66-55)25-8-3)39-45-44-29-28-42-38-43(58)30-31-53(42,4)52(44)46(59)40-54(45,55)5/h30-31,38,44-46,48,50-52,57,59H,6-29,32-37,39-41H2,1-5H3. The third-order valence-electron chi connectivity index (χ3n) is 16.3. The molecule has 0 aromatic rings. The van der Waals surface area contributed by atoms with Gasteiger partial charge >= 0.3 is 5.97 Å². The number of ether oxygens (including phenoxy) is 5. The molecule has 0 spiro atoms. The molecular formula is C55H93NO10. The predicted molar refractivity (Wildman–Crippen MR) is 260 cm³/mol. The van der Waals surface area contributed by atoms with E-state index in [1.807, 2.05) is 6.08 Å². The SMILES string of the molecule is CCCCCCCOC(CCCCCN(CCCCO)CCCCCC(=O)OCC(=O)C12OC(CCC)OC1CC1C3CCC4=CC(=O)C=CC4(C)C3C(O)CC12C)OCCCCCCC. The van der Waals surface area contributed by atoms with Crippen molar-refractivity contribution in [2.75, 3.05) is 46.1 Å². The topological polar surface area (TPSA) is 141 Å². The first-order chi connectivity index (χ1) is 32.0. The quantitative estimate of drug-likeness (QED) is 0.0356. The molecule has 4 aliphatic carbocycles. The average Bonchev–Trinajstić information content (AvgIpc) is 3.78. The van der Waals surface area contributed by atoms with Crippen molar-refractivity contribution in [1.82, 2.24) is 4.90 Å². The molecule has 9 unspecified atom stereocenters. The minimum atomic E-state index is -1.30. The predicted octanol–water partition coefficient (Wildman–Crippen LogP) is 10.8. The van der Waals surface area contributed by atoms with Gasteiger partial charge in [0.05, 0.1) is 12.2 Å². The molecule has 0 radical (unpaired) electrons. The van der Waals surface area contributed by atoms with E-state index >= 15 is 0 Å². The second-order valence-corrected chi connectivity index (χ2v) is 21.2. The van der Waals surface area contributed by atoms with Crippen LogP contribution in [0.15, 0.2) is 23.8 Å². The van der Waals surface area contributed by atoms with Crippen molar-refractivity contribution < 1.29 is 48.3 Å². The fraction of sp³-hybridized carbons (Fsp3) is 0.873. The lowest BCUT2D eigenvalue weighted by Crippen LogP contribution is -2.63. The Hall–Kier alpha value is -1.99. The van der Waals surface area contributed by atoms with Gasteiger partial charge in [0.1, 0.15) is 0 Å². The highest BCUT2D eigenvalue weighted by molar-refractivity contribution is 6.01. The minimum absolute atomic E-state index is 0.00609. The molecule has 0 amide bonds. The first-order valence-electron chi connectivity index (χ1n) is 27.2. The van der Waals surface area contributed by atoms with Crippen LogP contribution in [0.3, 0.4) is 0 Å². The Kier molecular flexibility index (Phi) is 23.3. The molecule has 11 nitrogen and oxygen atoms in total. The molecule has 378 valence electrons. The number of carbonyl (C=O) groups excluding carboxylic acids is 3. The molecular weight excluding hydrogens is 835 g/mol. The normalized spacial score (nSPS) is 30.1. The fourth-order valence-electron chi connectivity index (χ4n) is 12.8. The molecule has 0 bridgehead atoms. The van der Waals surface area contributed by atoms with E-state index in [-0.39, 0.29) is 61.2 Å². The monoisotopic (exact) mass is 928 g/mol. The summed E-state index contributed by atoms with van der Waals surface area (Å²) in [5.74, 6) is -0.503. The van der Waals surface area contributed by atoms with Gasteiger partial charge in [0.2, 0.25) is 5.78 Å². The summed E-state index contributed by atoms with van der Waals surface area (Å²) in [6.07, 6.45) is 28.8. The zero-order valence-corrected chi connectivity index (χ0v) is 42.2. The van der Waals surface area contributed by atoms with E-state index in [2.05, 4.69) is 39.5 Å². The number of Topliss-reactive ketones (excluding diaryl/α,β-unsaturated/α-hetero) is 1. The number of unbranched alkanes of at least 4 members (excludes halogenated alkanes) is 13. The molecule has 9 atom stereocenters. The van der Waals surface area contributed by atoms with Gasteiger partial charge in [0.15, 0.2) is 30.6 Å². The lowest BCUT2D eigenvalue weighted by atomic mass is 9.46. The van der Waals surface area contributed by atoms with Gasteiger partial charge in [0, 0.05) is 43.0 Å². The maximum Gasteiger partial charge on any atom is 0.306 e. The van der Waals surface area contributed by atoms with Crippen molar-refractivity contribution in [1.29, 1.82) is 0 Å². The molecule has 66 heavy (non-hydrogen) atoms. The van der Waals surface area contributed by atoms with Crippen LogP contribution in [0.25, 0.3) is 0 Å². The zero-order valence-electron chi connectivity index (χ0n) is 42.2. The average molecular weight is 928 g/mol. The van der Waals surface area contributed by atoms with E-state index in [0.29, 0.717) is 25.7 Å².